The first-order chi connectivity index (χ1) is 15.5. The van der Waals surface area contributed by atoms with Crippen LogP contribution in [0.2, 0.25) is 5.02 Å². The van der Waals surface area contributed by atoms with Gasteiger partial charge in [0, 0.05) is 27.1 Å². The Morgan fingerprint density at radius 3 is 2.18 bits per heavy atom. The van der Waals surface area contributed by atoms with Crippen LogP contribution in [-0.2, 0) is 12.4 Å². The largest absolute Gasteiger partial charge is 0.417 e. The van der Waals surface area contributed by atoms with Gasteiger partial charge in [-0.05, 0) is 24.3 Å². The molecule has 168 valence electrons. The summed E-state index contributed by atoms with van der Waals surface area (Å²) in [4.78, 5) is 10.2. The number of fused-ring (bicyclic) bond motifs is 5. The van der Waals surface area contributed by atoms with E-state index in [1.165, 1.54) is 29.2 Å². The molecule has 1 aliphatic heterocycles. The second-order valence-corrected chi connectivity index (χ2v) is 9.55. The van der Waals surface area contributed by atoms with Gasteiger partial charge in [0.05, 0.1) is 26.7 Å². The molecule has 2 nitrogen and oxygen atoms in total. The maximum atomic E-state index is 13.3. The SMILES string of the molecule is FC(F)(F)c1cnc(-c2nc3c(s2)-c2ccccc2Sc2cc(C(F)(F)F)ccc2-3)c(Cl)c1. The lowest BCUT2D eigenvalue weighted by Crippen LogP contribution is -2.05. The molecular formula is C22H9ClF6N2S2. The predicted octanol–water partition coefficient (Wildman–Crippen LogP) is 8.69. The first-order valence-electron chi connectivity index (χ1n) is 9.25. The van der Waals surface area contributed by atoms with E-state index in [0.29, 0.717) is 27.2 Å². The molecule has 33 heavy (non-hydrogen) atoms. The smallest absolute Gasteiger partial charge is 0.252 e. The van der Waals surface area contributed by atoms with Gasteiger partial charge >= 0.3 is 12.4 Å². The lowest BCUT2D eigenvalue weighted by atomic mass is 10.0. The van der Waals surface area contributed by atoms with E-state index < -0.39 is 23.5 Å². The summed E-state index contributed by atoms with van der Waals surface area (Å²) in [6.07, 6.45) is -8.42. The summed E-state index contributed by atoms with van der Waals surface area (Å²) in [6, 6.07) is 11.4. The van der Waals surface area contributed by atoms with Crippen molar-refractivity contribution in [3.8, 4) is 32.4 Å². The van der Waals surface area contributed by atoms with Crippen LogP contribution in [0.1, 0.15) is 11.1 Å². The fourth-order valence-electron chi connectivity index (χ4n) is 3.38. The Morgan fingerprint density at radius 2 is 1.48 bits per heavy atom. The second kappa shape index (κ2) is 7.75. The second-order valence-electron chi connectivity index (χ2n) is 7.06. The van der Waals surface area contributed by atoms with Crippen LogP contribution < -0.4 is 0 Å². The van der Waals surface area contributed by atoms with Gasteiger partial charge in [-0.25, -0.2) is 4.98 Å². The van der Waals surface area contributed by atoms with Crippen LogP contribution >= 0.6 is 34.7 Å². The number of rotatable bonds is 1. The Balaban J connectivity index is 1.71. The molecule has 11 heteroatoms. The fraction of sp³-hybridized carbons (Fsp3) is 0.0909. The van der Waals surface area contributed by atoms with Crippen molar-refractivity contribution >= 4 is 34.7 Å². The van der Waals surface area contributed by atoms with Crippen LogP contribution in [0.15, 0.2) is 64.5 Å². The first kappa shape index (κ1) is 22.2. The van der Waals surface area contributed by atoms with Crippen LogP contribution in [0, 0.1) is 0 Å². The molecule has 0 atom stereocenters. The van der Waals surface area contributed by atoms with Crippen LogP contribution in [-0.4, -0.2) is 9.97 Å². The summed E-state index contributed by atoms with van der Waals surface area (Å²) < 4.78 is 78.9. The van der Waals surface area contributed by atoms with Crippen molar-refractivity contribution in [2.24, 2.45) is 0 Å². The molecule has 0 saturated heterocycles. The number of pyridine rings is 1. The summed E-state index contributed by atoms with van der Waals surface area (Å²) in [5.41, 5.74) is -0.0206. The van der Waals surface area contributed by atoms with Gasteiger partial charge in [0.25, 0.3) is 0 Å². The number of aromatic nitrogens is 2. The van der Waals surface area contributed by atoms with E-state index in [4.69, 9.17) is 11.6 Å². The van der Waals surface area contributed by atoms with Gasteiger partial charge < -0.3 is 0 Å². The molecule has 0 saturated carbocycles. The minimum absolute atomic E-state index is 0.0707. The molecule has 0 aliphatic carbocycles. The van der Waals surface area contributed by atoms with E-state index in [-0.39, 0.29) is 15.7 Å². The van der Waals surface area contributed by atoms with Crippen molar-refractivity contribution in [1.29, 1.82) is 0 Å². The quantitative estimate of drug-likeness (QED) is 0.209. The van der Waals surface area contributed by atoms with Gasteiger partial charge in [-0.1, -0.05) is 47.6 Å². The van der Waals surface area contributed by atoms with Gasteiger partial charge in [0.2, 0.25) is 0 Å². The van der Waals surface area contributed by atoms with Gasteiger partial charge in [-0.3, -0.25) is 4.98 Å². The zero-order chi connectivity index (χ0) is 23.5. The highest BCUT2D eigenvalue weighted by Crippen LogP contribution is 2.52. The Bertz CT molecular complexity index is 1390. The maximum absolute atomic E-state index is 13.3. The number of alkyl halides is 6. The molecule has 0 radical (unpaired) electrons. The summed E-state index contributed by atoms with van der Waals surface area (Å²) in [7, 11) is 0. The molecule has 0 spiro atoms. The zero-order valence-corrected chi connectivity index (χ0v) is 18.4. The number of nitrogens with zero attached hydrogens (tertiary/aromatic N) is 2. The van der Waals surface area contributed by atoms with Crippen LogP contribution in [0.5, 0.6) is 0 Å². The number of halogens is 7. The van der Waals surface area contributed by atoms with Crippen molar-refractivity contribution in [2.75, 3.05) is 0 Å². The van der Waals surface area contributed by atoms with Crippen LogP contribution in [0.25, 0.3) is 32.4 Å². The van der Waals surface area contributed by atoms with Gasteiger partial charge in [-0.15, -0.1) is 11.3 Å². The van der Waals surface area contributed by atoms with Gasteiger partial charge in [0.1, 0.15) is 10.7 Å². The molecule has 4 aromatic rings. The molecule has 0 fully saturated rings. The van der Waals surface area contributed by atoms with Crippen LogP contribution in [0.3, 0.4) is 0 Å². The standard InChI is InChI=1S/C22H9ClF6N2S2/c23-14-7-11(22(27,28)29)9-30-18(14)20-31-17-12-6-5-10(21(24,25)26)8-16(12)32-15-4-2-1-3-13(15)19(17)33-20/h1-9H. The highest BCUT2D eigenvalue weighted by atomic mass is 35.5. The third-order valence-corrected chi connectivity index (χ3v) is 7.43. The summed E-state index contributed by atoms with van der Waals surface area (Å²) in [5, 5.41) is 0.0512. The van der Waals surface area contributed by atoms with Crippen molar-refractivity contribution in [3.05, 3.63) is 70.9 Å². The molecule has 0 amide bonds. The van der Waals surface area contributed by atoms with Crippen molar-refractivity contribution in [2.45, 2.75) is 22.1 Å². The zero-order valence-electron chi connectivity index (χ0n) is 16.1. The van der Waals surface area contributed by atoms with E-state index >= 15 is 0 Å². The average Bonchev–Trinajstić information content (AvgIpc) is 3.12. The fourth-order valence-corrected chi connectivity index (χ4v) is 6.01. The summed E-state index contributed by atoms with van der Waals surface area (Å²) in [5.74, 6) is 0. The van der Waals surface area contributed by atoms with E-state index in [1.54, 1.807) is 18.2 Å². The lowest BCUT2D eigenvalue weighted by molar-refractivity contribution is -0.138. The summed E-state index contributed by atoms with van der Waals surface area (Å²) >= 11 is 8.49. The first-order valence-corrected chi connectivity index (χ1v) is 11.3. The molecule has 2 aromatic heterocycles. The number of thiazole rings is 1. The highest BCUT2D eigenvalue weighted by molar-refractivity contribution is 7.99. The van der Waals surface area contributed by atoms with Gasteiger partial charge in [-0.2, -0.15) is 26.3 Å². The molecule has 5 rings (SSSR count). The Labute approximate surface area is 196 Å². The average molecular weight is 515 g/mol. The third-order valence-electron chi connectivity index (χ3n) is 4.91. The lowest BCUT2D eigenvalue weighted by Gasteiger charge is -2.11. The number of hydrogen-bond donors (Lipinski definition) is 0. The minimum atomic E-state index is -4.60. The molecule has 0 N–H and O–H groups in total. The third kappa shape index (κ3) is 4.00. The molecule has 2 aromatic carbocycles. The Hall–Kier alpha value is -2.56. The number of benzene rings is 2. The van der Waals surface area contributed by atoms with E-state index in [2.05, 4.69) is 9.97 Å². The van der Waals surface area contributed by atoms with Crippen molar-refractivity contribution < 1.29 is 26.3 Å². The van der Waals surface area contributed by atoms with E-state index in [9.17, 15) is 26.3 Å². The molecular weight excluding hydrogens is 506 g/mol. The molecule has 0 unspecified atom stereocenters. The minimum Gasteiger partial charge on any atom is -0.252 e. The number of hydrogen-bond acceptors (Lipinski definition) is 4. The summed E-state index contributed by atoms with van der Waals surface area (Å²) in [6.45, 7) is 0. The molecule has 1 aliphatic rings. The molecule has 0 bridgehead atoms. The topological polar surface area (TPSA) is 25.8 Å². The van der Waals surface area contributed by atoms with Crippen molar-refractivity contribution in [3.63, 3.8) is 0 Å². The Morgan fingerprint density at radius 1 is 0.758 bits per heavy atom. The Kier molecular flexibility index (Phi) is 5.22. The monoisotopic (exact) mass is 514 g/mol. The van der Waals surface area contributed by atoms with Crippen molar-refractivity contribution in [1.82, 2.24) is 9.97 Å². The predicted molar refractivity (Wildman–Crippen MR) is 115 cm³/mol. The highest BCUT2D eigenvalue weighted by Gasteiger charge is 2.34. The molecule has 3 heterocycles. The van der Waals surface area contributed by atoms with E-state index in [1.807, 2.05) is 6.07 Å². The maximum Gasteiger partial charge on any atom is 0.417 e. The normalized spacial score (nSPS) is 13.2. The van der Waals surface area contributed by atoms with Crippen LogP contribution in [0.4, 0.5) is 26.3 Å². The van der Waals surface area contributed by atoms with E-state index in [0.717, 1.165) is 28.7 Å². The van der Waals surface area contributed by atoms with Gasteiger partial charge in [0.15, 0.2) is 0 Å².